The van der Waals surface area contributed by atoms with Crippen LogP contribution < -0.4 is 10.1 Å². The SMILES string of the molecule is COc1cccc(NC2(CO)CSCC(C)(C)C2)c1. The molecule has 0 saturated carbocycles. The van der Waals surface area contributed by atoms with Crippen molar-refractivity contribution in [3.63, 3.8) is 0 Å². The van der Waals surface area contributed by atoms with Gasteiger partial charge < -0.3 is 15.2 Å². The van der Waals surface area contributed by atoms with E-state index in [-0.39, 0.29) is 17.6 Å². The second-order valence-electron chi connectivity index (χ2n) is 6.13. The fourth-order valence-electron chi connectivity index (χ4n) is 2.77. The number of methoxy groups -OCH3 is 1. The number of hydrogen-bond donors (Lipinski definition) is 2. The van der Waals surface area contributed by atoms with Gasteiger partial charge in [0, 0.05) is 17.5 Å². The number of benzene rings is 1. The summed E-state index contributed by atoms with van der Waals surface area (Å²) in [5, 5.41) is 13.4. The highest BCUT2D eigenvalue weighted by molar-refractivity contribution is 7.99. The van der Waals surface area contributed by atoms with Crippen molar-refractivity contribution in [2.45, 2.75) is 25.8 Å². The third-order valence-corrected chi connectivity index (χ3v) is 5.21. The smallest absolute Gasteiger partial charge is 0.120 e. The number of ether oxygens (including phenoxy) is 1. The monoisotopic (exact) mass is 281 g/mol. The maximum atomic E-state index is 9.85. The molecule has 1 atom stereocenters. The van der Waals surface area contributed by atoms with Gasteiger partial charge in [0.15, 0.2) is 0 Å². The van der Waals surface area contributed by atoms with Gasteiger partial charge in [0.2, 0.25) is 0 Å². The Hall–Kier alpha value is -0.870. The zero-order valence-electron chi connectivity index (χ0n) is 11.9. The summed E-state index contributed by atoms with van der Waals surface area (Å²) < 4.78 is 5.24. The summed E-state index contributed by atoms with van der Waals surface area (Å²) in [7, 11) is 1.67. The highest BCUT2D eigenvalue weighted by Gasteiger charge is 2.40. The van der Waals surface area contributed by atoms with Crippen LogP contribution in [-0.4, -0.2) is 35.9 Å². The van der Waals surface area contributed by atoms with Crippen LogP contribution >= 0.6 is 11.8 Å². The molecule has 1 unspecified atom stereocenters. The number of hydrogen-bond acceptors (Lipinski definition) is 4. The Kier molecular flexibility index (Phi) is 4.31. The number of aliphatic hydroxyl groups is 1. The van der Waals surface area contributed by atoms with Crippen LogP contribution in [0, 0.1) is 5.41 Å². The molecule has 1 fully saturated rings. The first-order chi connectivity index (χ1) is 8.99. The molecule has 0 aliphatic carbocycles. The molecule has 3 nitrogen and oxygen atoms in total. The first-order valence-corrected chi connectivity index (χ1v) is 7.75. The molecule has 1 heterocycles. The molecule has 1 aromatic rings. The molecule has 1 saturated heterocycles. The lowest BCUT2D eigenvalue weighted by molar-refractivity contribution is 0.174. The van der Waals surface area contributed by atoms with Gasteiger partial charge in [-0.3, -0.25) is 0 Å². The van der Waals surface area contributed by atoms with Crippen molar-refractivity contribution in [3.05, 3.63) is 24.3 Å². The van der Waals surface area contributed by atoms with Crippen molar-refractivity contribution in [1.82, 2.24) is 0 Å². The van der Waals surface area contributed by atoms with Crippen LogP contribution in [0.25, 0.3) is 0 Å². The second kappa shape index (κ2) is 5.63. The van der Waals surface area contributed by atoms with Gasteiger partial charge in [0.05, 0.1) is 19.3 Å². The molecule has 106 valence electrons. The van der Waals surface area contributed by atoms with E-state index in [1.165, 1.54) is 0 Å². The normalized spacial score (nSPS) is 25.9. The summed E-state index contributed by atoms with van der Waals surface area (Å²) in [4.78, 5) is 0. The molecule has 19 heavy (non-hydrogen) atoms. The first-order valence-electron chi connectivity index (χ1n) is 6.60. The van der Waals surface area contributed by atoms with E-state index in [0.29, 0.717) is 0 Å². The van der Waals surface area contributed by atoms with Gasteiger partial charge in [-0.1, -0.05) is 19.9 Å². The van der Waals surface area contributed by atoms with Crippen molar-refractivity contribution >= 4 is 17.4 Å². The van der Waals surface area contributed by atoms with E-state index in [0.717, 1.165) is 29.4 Å². The fraction of sp³-hybridized carbons (Fsp3) is 0.600. The summed E-state index contributed by atoms with van der Waals surface area (Å²) in [6.45, 7) is 4.67. The summed E-state index contributed by atoms with van der Waals surface area (Å²) >= 11 is 1.91. The Morgan fingerprint density at radius 2 is 2.16 bits per heavy atom. The number of anilines is 1. The maximum Gasteiger partial charge on any atom is 0.120 e. The fourth-order valence-corrected chi connectivity index (χ4v) is 4.18. The Labute approximate surface area is 119 Å². The van der Waals surface area contributed by atoms with Crippen molar-refractivity contribution in [1.29, 1.82) is 0 Å². The van der Waals surface area contributed by atoms with Crippen molar-refractivity contribution in [2.24, 2.45) is 5.41 Å². The number of nitrogens with one attached hydrogen (secondary N) is 1. The molecule has 2 N–H and O–H groups in total. The highest BCUT2D eigenvalue weighted by atomic mass is 32.2. The predicted molar refractivity (Wildman–Crippen MR) is 82.2 cm³/mol. The van der Waals surface area contributed by atoms with Crippen LogP contribution in [0.15, 0.2) is 24.3 Å². The van der Waals surface area contributed by atoms with E-state index in [1.54, 1.807) is 7.11 Å². The molecule has 0 aromatic heterocycles. The summed E-state index contributed by atoms with van der Waals surface area (Å²) in [6.07, 6.45) is 0.973. The van der Waals surface area contributed by atoms with Gasteiger partial charge in [-0.25, -0.2) is 0 Å². The van der Waals surface area contributed by atoms with Crippen LogP contribution in [0.2, 0.25) is 0 Å². The van der Waals surface area contributed by atoms with Crippen molar-refractivity contribution < 1.29 is 9.84 Å². The average molecular weight is 281 g/mol. The minimum Gasteiger partial charge on any atom is -0.497 e. The minimum atomic E-state index is -0.237. The topological polar surface area (TPSA) is 41.5 Å². The molecule has 0 spiro atoms. The van der Waals surface area contributed by atoms with E-state index < -0.39 is 0 Å². The van der Waals surface area contributed by atoms with Gasteiger partial charge in [0.1, 0.15) is 5.75 Å². The van der Waals surface area contributed by atoms with E-state index >= 15 is 0 Å². The Morgan fingerprint density at radius 3 is 2.79 bits per heavy atom. The van der Waals surface area contributed by atoms with E-state index in [4.69, 9.17) is 4.74 Å². The molecular weight excluding hydrogens is 258 g/mol. The molecule has 1 aromatic carbocycles. The Bertz CT molecular complexity index is 436. The van der Waals surface area contributed by atoms with E-state index in [9.17, 15) is 5.11 Å². The summed E-state index contributed by atoms with van der Waals surface area (Å²) in [6, 6.07) is 7.89. The minimum absolute atomic E-state index is 0.153. The first kappa shape index (κ1) is 14.5. The molecular formula is C15H23NO2S. The zero-order chi connectivity index (χ0) is 13.9. The Balaban J connectivity index is 2.17. The van der Waals surface area contributed by atoms with Crippen LogP contribution in [0.4, 0.5) is 5.69 Å². The van der Waals surface area contributed by atoms with E-state index in [2.05, 4.69) is 19.2 Å². The lowest BCUT2D eigenvalue weighted by Crippen LogP contribution is -2.51. The van der Waals surface area contributed by atoms with Gasteiger partial charge in [-0.2, -0.15) is 11.8 Å². The summed E-state index contributed by atoms with van der Waals surface area (Å²) in [5.41, 5.74) is 1.02. The van der Waals surface area contributed by atoms with Gasteiger partial charge >= 0.3 is 0 Å². The molecule has 2 rings (SSSR count). The number of aliphatic hydroxyl groups excluding tert-OH is 1. The number of rotatable bonds is 4. The summed E-state index contributed by atoms with van der Waals surface area (Å²) in [5.74, 6) is 2.92. The van der Waals surface area contributed by atoms with Crippen molar-refractivity contribution in [2.75, 3.05) is 30.5 Å². The molecule has 1 aliphatic rings. The third kappa shape index (κ3) is 3.57. The lowest BCUT2D eigenvalue weighted by Gasteiger charge is -2.44. The average Bonchev–Trinajstić information content (AvgIpc) is 2.38. The highest BCUT2D eigenvalue weighted by Crippen LogP contribution is 2.40. The third-order valence-electron chi connectivity index (χ3n) is 3.47. The van der Waals surface area contributed by atoms with E-state index in [1.807, 2.05) is 36.0 Å². The number of thioether (sulfide) groups is 1. The molecule has 4 heteroatoms. The van der Waals surface area contributed by atoms with Crippen LogP contribution in [0.3, 0.4) is 0 Å². The quantitative estimate of drug-likeness (QED) is 0.890. The van der Waals surface area contributed by atoms with Gasteiger partial charge in [0.25, 0.3) is 0 Å². The van der Waals surface area contributed by atoms with Crippen LogP contribution in [-0.2, 0) is 0 Å². The van der Waals surface area contributed by atoms with Crippen LogP contribution in [0.5, 0.6) is 5.75 Å². The molecule has 1 aliphatic heterocycles. The molecule has 0 amide bonds. The second-order valence-corrected chi connectivity index (χ2v) is 7.11. The standard InChI is InChI=1S/C15H23NO2S/c1-14(2)8-15(9-17,11-19-10-14)16-12-5-4-6-13(7-12)18-3/h4-7,16-17H,8-11H2,1-3H3. The lowest BCUT2D eigenvalue weighted by atomic mass is 9.80. The van der Waals surface area contributed by atoms with Gasteiger partial charge in [-0.15, -0.1) is 0 Å². The van der Waals surface area contributed by atoms with Crippen molar-refractivity contribution in [3.8, 4) is 5.75 Å². The van der Waals surface area contributed by atoms with Gasteiger partial charge in [-0.05, 0) is 29.7 Å². The largest absolute Gasteiger partial charge is 0.497 e. The zero-order valence-corrected chi connectivity index (χ0v) is 12.7. The van der Waals surface area contributed by atoms with Crippen LogP contribution in [0.1, 0.15) is 20.3 Å². The molecule has 0 bridgehead atoms. The predicted octanol–water partition coefficient (Wildman–Crippen LogP) is 3.00. The molecule has 0 radical (unpaired) electrons. The maximum absolute atomic E-state index is 9.85. The Morgan fingerprint density at radius 1 is 1.37 bits per heavy atom.